The average Bonchev–Trinajstić information content (AvgIpc) is 2.63. The monoisotopic (exact) mass is 357 g/mol. The number of benzene rings is 2. The highest BCUT2D eigenvalue weighted by Gasteiger charge is 2.10. The summed E-state index contributed by atoms with van der Waals surface area (Å²) < 4.78 is 0. The van der Waals surface area contributed by atoms with E-state index in [1.54, 1.807) is 43.3 Å². The Morgan fingerprint density at radius 3 is 2.40 bits per heavy atom. The molecule has 2 aromatic carbocycles. The van der Waals surface area contributed by atoms with Crippen molar-refractivity contribution in [2.75, 3.05) is 22.5 Å². The van der Waals surface area contributed by atoms with Crippen LogP contribution in [0.5, 0.6) is 0 Å². The van der Waals surface area contributed by atoms with Gasteiger partial charge in [0.25, 0.3) is 5.91 Å². The lowest BCUT2D eigenvalue weighted by atomic mass is 10.2. The third-order valence-electron chi connectivity index (χ3n) is 3.42. The molecule has 6 heteroatoms. The molecule has 0 fully saturated rings. The van der Waals surface area contributed by atoms with Crippen LogP contribution in [0, 0.1) is 0 Å². The summed E-state index contributed by atoms with van der Waals surface area (Å²) in [5.41, 5.74) is 2.42. The van der Waals surface area contributed by atoms with Gasteiger partial charge in [0.15, 0.2) is 0 Å². The van der Waals surface area contributed by atoms with Crippen LogP contribution < -0.4 is 16.0 Å². The minimum atomic E-state index is -0.281. The van der Waals surface area contributed by atoms with Crippen molar-refractivity contribution in [3.05, 3.63) is 65.7 Å². The molecule has 0 atom stereocenters. The van der Waals surface area contributed by atoms with Gasteiger partial charge in [-0.15, -0.1) is 6.58 Å². The second-order valence-electron chi connectivity index (χ2n) is 5.30. The summed E-state index contributed by atoms with van der Waals surface area (Å²) in [6.07, 6.45) is 2.13. The minimum absolute atomic E-state index is 0.109. The first-order valence-electron chi connectivity index (χ1n) is 7.89. The summed E-state index contributed by atoms with van der Waals surface area (Å²) in [6.45, 7) is 6.06. The maximum atomic E-state index is 12.4. The molecule has 0 heterocycles. The Kier molecular flexibility index (Phi) is 6.60. The van der Waals surface area contributed by atoms with Crippen molar-refractivity contribution in [1.29, 1.82) is 0 Å². The van der Waals surface area contributed by atoms with Crippen LogP contribution >= 0.6 is 11.6 Å². The molecule has 2 rings (SSSR count). The number of carbonyl (C=O) groups excluding carboxylic acids is 2. The van der Waals surface area contributed by atoms with E-state index in [4.69, 9.17) is 11.6 Å². The Labute approximate surface area is 152 Å². The number of anilines is 3. The van der Waals surface area contributed by atoms with E-state index >= 15 is 0 Å². The standard InChI is InChI=1S/C19H20ClN3O2/c1-3-11-21-14-7-5-13(6-8-14)19(25)23-17-12-15(9-10-16(17)20)22-18(24)4-2/h3,5-10,12,21H,1,4,11H2,2H3,(H,22,24)(H,23,25). The highest BCUT2D eigenvalue weighted by molar-refractivity contribution is 6.34. The van der Waals surface area contributed by atoms with Crippen LogP contribution in [-0.2, 0) is 4.79 Å². The zero-order valence-electron chi connectivity index (χ0n) is 13.9. The summed E-state index contributed by atoms with van der Waals surface area (Å²) in [5.74, 6) is -0.390. The molecular formula is C19H20ClN3O2. The summed E-state index contributed by atoms with van der Waals surface area (Å²) in [6, 6.07) is 12.0. The lowest BCUT2D eigenvalue weighted by Crippen LogP contribution is -2.13. The highest BCUT2D eigenvalue weighted by Crippen LogP contribution is 2.26. The van der Waals surface area contributed by atoms with Gasteiger partial charge in [-0.3, -0.25) is 9.59 Å². The predicted octanol–water partition coefficient (Wildman–Crippen LogP) is 4.54. The average molecular weight is 358 g/mol. The SMILES string of the molecule is C=CCNc1ccc(C(=O)Nc2cc(NC(=O)CC)ccc2Cl)cc1. The molecule has 5 nitrogen and oxygen atoms in total. The molecule has 0 unspecified atom stereocenters. The number of rotatable bonds is 7. The van der Waals surface area contributed by atoms with Crippen molar-refractivity contribution in [1.82, 2.24) is 0 Å². The minimum Gasteiger partial charge on any atom is -0.382 e. The van der Waals surface area contributed by atoms with E-state index in [1.165, 1.54) is 0 Å². The molecule has 0 saturated heterocycles. The number of hydrogen-bond donors (Lipinski definition) is 3. The van der Waals surface area contributed by atoms with Crippen molar-refractivity contribution in [2.45, 2.75) is 13.3 Å². The Bertz CT molecular complexity index is 773. The molecule has 0 aliphatic carbocycles. The smallest absolute Gasteiger partial charge is 0.255 e. The first-order valence-corrected chi connectivity index (χ1v) is 8.27. The fourth-order valence-electron chi connectivity index (χ4n) is 2.07. The van der Waals surface area contributed by atoms with Crippen LogP contribution in [0.4, 0.5) is 17.1 Å². The van der Waals surface area contributed by atoms with E-state index in [9.17, 15) is 9.59 Å². The molecule has 130 valence electrons. The van der Waals surface area contributed by atoms with Crippen molar-refractivity contribution in [3.8, 4) is 0 Å². The molecule has 0 aromatic heterocycles. The molecular weight excluding hydrogens is 338 g/mol. The van der Waals surface area contributed by atoms with Gasteiger partial charge < -0.3 is 16.0 Å². The Balaban J connectivity index is 2.10. The normalized spacial score (nSPS) is 10.0. The summed E-state index contributed by atoms with van der Waals surface area (Å²) in [7, 11) is 0. The van der Waals surface area contributed by atoms with Crippen LogP contribution in [0.25, 0.3) is 0 Å². The molecule has 0 aliphatic rings. The molecule has 2 amide bonds. The van der Waals surface area contributed by atoms with Gasteiger partial charge in [-0.25, -0.2) is 0 Å². The predicted molar refractivity (Wildman–Crippen MR) is 103 cm³/mol. The summed E-state index contributed by atoms with van der Waals surface area (Å²) in [5, 5.41) is 9.03. The van der Waals surface area contributed by atoms with Gasteiger partial charge in [-0.1, -0.05) is 24.6 Å². The van der Waals surface area contributed by atoms with E-state index in [-0.39, 0.29) is 11.8 Å². The van der Waals surface area contributed by atoms with Gasteiger partial charge in [0.05, 0.1) is 10.7 Å². The molecule has 3 N–H and O–H groups in total. The lowest BCUT2D eigenvalue weighted by molar-refractivity contribution is -0.115. The number of carbonyl (C=O) groups is 2. The summed E-state index contributed by atoms with van der Waals surface area (Å²) in [4.78, 5) is 23.9. The Hall–Kier alpha value is -2.79. The Morgan fingerprint density at radius 2 is 1.76 bits per heavy atom. The second-order valence-corrected chi connectivity index (χ2v) is 5.70. The number of hydrogen-bond acceptors (Lipinski definition) is 3. The number of halogens is 1. The van der Waals surface area contributed by atoms with Crippen LogP contribution in [0.15, 0.2) is 55.1 Å². The van der Waals surface area contributed by atoms with E-state index in [2.05, 4.69) is 22.5 Å². The first kappa shape index (κ1) is 18.5. The third-order valence-corrected chi connectivity index (χ3v) is 3.75. The fraction of sp³-hybridized carbons (Fsp3) is 0.158. The maximum Gasteiger partial charge on any atom is 0.255 e. The van der Waals surface area contributed by atoms with Gasteiger partial charge in [0.1, 0.15) is 0 Å². The van der Waals surface area contributed by atoms with Crippen molar-refractivity contribution in [2.24, 2.45) is 0 Å². The first-order chi connectivity index (χ1) is 12.0. The molecule has 2 aromatic rings. The largest absolute Gasteiger partial charge is 0.382 e. The Morgan fingerprint density at radius 1 is 1.08 bits per heavy atom. The van der Waals surface area contributed by atoms with Gasteiger partial charge in [-0.05, 0) is 42.5 Å². The molecule has 0 radical (unpaired) electrons. The van der Waals surface area contributed by atoms with Crippen LogP contribution in [0.1, 0.15) is 23.7 Å². The van der Waals surface area contributed by atoms with E-state index in [1.807, 2.05) is 12.1 Å². The van der Waals surface area contributed by atoms with E-state index in [0.717, 1.165) is 5.69 Å². The quantitative estimate of drug-likeness (QED) is 0.637. The highest BCUT2D eigenvalue weighted by atomic mass is 35.5. The number of amides is 2. The topological polar surface area (TPSA) is 70.2 Å². The van der Waals surface area contributed by atoms with Gasteiger partial charge >= 0.3 is 0 Å². The van der Waals surface area contributed by atoms with Crippen LogP contribution in [0.2, 0.25) is 5.02 Å². The molecule has 0 aliphatic heterocycles. The zero-order chi connectivity index (χ0) is 18.2. The second kappa shape index (κ2) is 8.89. The van der Waals surface area contributed by atoms with Crippen molar-refractivity contribution >= 4 is 40.5 Å². The van der Waals surface area contributed by atoms with Crippen LogP contribution in [0.3, 0.4) is 0 Å². The van der Waals surface area contributed by atoms with Crippen molar-refractivity contribution < 1.29 is 9.59 Å². The zero-order valence-corrected chi connectivity index (χ0v) is 14.7. The molecule has 0 saturated carbocycles. The fourth-order valence-corrected chi connectivity index (χ4v) is 2.24. The number of nitrogens with one attached hydrogen (secondary N) is 3. The molecule has 0 bridgehead atoms. The summed E-state index contributed by atoms with van der Waals surface area (Å²) >= 11 is 6.13. The lowest BCUT2D eigenvalue weighted by Gasteiger charge is -2.11. The van der Waals surface area contributed by atoms with Gasteiger partial charge in [-0.2, -0.15) is 0 Å². The molecule has 25 heavy (non-hydrogen) atoms. The molecule has 0 spiro atoms. The van der Waals surface area contributed by atoms with Crippen LogP contribution in [-0.4, -0.2) is 18.4 Å². The third kappa shape index (κ3) is 5.36. The van der Waals surface area contributed by atoms with Gasteiger partial charge in [0.2, 0.25) is 5.91 Å². The van der Waals surface area contributed by atoms with Crippen molar-refractivity contribution in [3.63, 3.8) is 0 Å². The van der Waals surface area contributed by atoms with E-state index in [0.29, 0.717) is 34.9 Å². The van der Waals surface area contributed by atoms with E-state index < -0.39 is 0 Å². The van der Waals surface area contributed by atoms with Gasteiger partial charge in [0, 0.05) is 29.9 Å². The maximum absolute atomic E-state index is 12.4.